The Morgan fingerprint density at radius 2 is 2.07 bits per heavy atom. The number of halogens is 5. The zero-order valence-electron chi connectivity index (χ0n) is 6.40. The fourth-order valence-corrected chi connectivity index (χ4v) is 1.23. The molecule has 7 heteroatoms. The summed E-state index contributed by atoms with van der Waals surface area (Å²) in [6.07, 6.45) is -2.46. The van der Waals surface area contributed by atoms with Gasteiger partial charge in [0.15, 0.2) is 0 Å². The van der Waals surface area contributed by atoms with Gasteiger partial charge in [0.25, 0.3) is 11.7 Å². The van der Waals surface area contributed by atoms with Gasteiger partial charge in [0.05, 0.1) is 11.1 Å². The van der Waals surface area contributed by atoms with Gasteiger partial charge in [-0.15, -0.1) is 0 Å². The summed E-state index contributed by atoms with van der Waals surface area (Å²) in [4.78, 5) is 13.7. The smallest absolute Gasteiger partial charge is 0.266 e. The second-order valence-corrected chi connectivity index (χ2v) is 2.99. The van der Waals surface area contributed by atoms with Gasteiger partial charge < -0.3 is 0 Å². The van der Waals surface area contributed by atoms with Crippen molar-refractivity contribution >= 4 is 28.4 Å². The van der Waals surface area contributed by atoms with Crippen molar-refractivity contribution in [2.45, 2.75) is 6.43 Å². The van der Waals surface area contributed by atoms with Crippen molar-refractivity contribution in [1.82, 2.24) is 4.98 Å². The first kappa shape index (κ1) is 11.3. The number of carbonyl (C=O) groups excluding carboxylic acids is 1. The van der Waals surface area contributed by atoms with Crippen LogP contribution in [0.5, 0.6) is 0 Å². The monoisotopic (exact) mass is 243 g/mol. The molecule has 0 aliphatic carbocycles. The van der Waals surface area contributed by atoms with Crippen LogP contribution in [0, 0.1) is 5.95 Å². The minimum Gasteiger partial charge on any atom is -0.276 e. The van der Waals surface area contributed by atoms with Gasteiger partial charge in [-0.25, -0.2) is 13.8 Å². The maximum atomic E-state index is 12.7. The van der Waals surface area contributed by atoms with E-state index in [1.165, 1.54) is 0 Å². The van der Waals surface area contributed by atoms with Crippen LogP contribution < -0.4 is 0 Å². The molecule has 0 radical (unpaired) electrons. The van der Waals surface area contributed by atoms with E-state index in [1.54, 1.807) is 0 Å². The third kappa shape index (κ3) is 1.99. The zero-order valence-corrected chi connectivity index (χ0v) is 7.91. The molecule has 0 aliphatic rings. The second kappa shape index (κ2) is 4.14. The van der Waals surface area contributed by atoms with Crippen LogP contribution in [0.1, 0.15) is 22.3 Å². The maximum absolute atomic E-state index is 12.7. The third-order valence-electron chi connectivity index (χ3n) is 1.44. The summed E-state index contributed by atoms with van der Waals surface area (Å²) >= 11 is 10.2. The van der Waals surface area contributed by atoms with E-state index < -0.39 is 33.8 Å². The molecule has 0 fully saturated rings. The van der Waals surface area contributed by atoms with Gasteiger partial charge in [-0.1, -0.05) is 11.6 Å². The van der Waals surface area contributed by atoms with E-state index in [4.69, 9.17) is 23.2 Å². The van der Waals surface area contributed by atoms with Gasteiger partial charge in [0, 0.05) is 6.20 Å². The fraction of sp³-hybridized carbons (Fsp3) is 0.143. The van der Waals surface area contributed by atoms with Crippen LogP contribution in [0.2, 0.25) is 5.02 Å². The fourth-order valence-electron chi connectivity index (χ4n) is 0.847. The third-order valence-corrected chi connectivity index (χ3v) is 2.01. The second-order valence-electron chi connectivity index (χ2n) is 2.26. The number of pyridine rings is 1. The van der Waals surface area contributed by atoms with Crippen molar-refractivity contribution in [3.8, 4) is 0 Å². The van der Waals surface area contributed by atoms with Crippen molar-refractivity contribution in [2.24, 2.45) is 0 Å². The van der Waals surface area contributed by atoms with Gasteiger partial charge in [0.2, 0.25) is 5.95 Å². The molecular formula is C7H2Cl2F3NO. The Morgan fingerprint density at radius 3 is 2.50 bits per heavy atom. The summed E-state index contributed by atoms with van der Waals surface area (Å²) < 4.78 is 37.3. The molecule has 0 N–H and O–H groups in total. The average Bonchev–Trinajstić information content (AvgIpc) is 2.08. The summed E-state index contributed by atoms with van der Waals surface area (Å²) in [5.41, 5.74) is -1.52. The first-order chi connectivity index (χ1) is 6.45. The lowest BCUT2D eigenvalue weighted by Gasteiger charge is -2.06. The Bertz CT molecular complexity index is 383. The number of carbonyl (C=O) groups is 1. The molecule has 14 heavy (non-hydrogen) atoms. The number of rotatable bonds is 2. The summed E-state index contributed by atoms with van der Waals surface area (Å²) in [5, 5.41) is -2.04. The topological polar surface area (TPSA) is 30.0 Å². The van der Waals surface area contributed by atoms with E-state index in [0.717, 1.165) is 0 Å². The Hall–Kier alpha value is -0.810. The van der Waals surface area contributed by atoms with Gasteiger partial charge in [0.1, 0.15) is 5.02 Å². The SMILES string of the molecule is O=C(Cl)c1cnc(F)c(Cl)c1C(F)F. The highest BCUT2D eigenvalue weighted by atomic mass is 35.5. The molecule has 0 atom stereocenters. The molecule has 0 unspecified atom stereocenters. The van der Waals surface area contributed by atoms with Crippen molar-refractivity contribution in [2.75, 3.05) is 0 Å². The van der Waals surface area contributed by atoms with Crippen molar-refractivity contribution < 1.29 is 18.0 Å². The van der Waals surface area contributed by atoms with Crippen LogP contribution in [0.3, 0.4) is 0 Å². The largest absolute Gasteiger partial charge is 0.276 e. The lowest BCUT2D eigenvalue weighted by Crippen LogP contribution is -2.03. The Labute approximate surface area is 86.6 Å². The molecule has 1 aromatic heterocycles. The highest BCUT2D eigenvalue weighted by Crippen LogP contribution is 2.31. The normalized spacial score (nSPS) is 10.7. The van der Waals surface area contributed by atoms with Crippen LogP contribution >= 0.6 is 23.2 Å². The molecule has 0 saturated carbocycles. The van der Waals surface area contributed by atoms with Crippen molar-refractivity contribution in [1.29, 1.82) is 0 Å². The molecule has 0 amide bonds. The quantitative estimate of drug-likeness (QED) is 0.590. The summed E-state index contributed by atoms with van der Waals surface area (Å²) in [6.45, 7) is 0. The van der Waals surface area contributed by atoms with Crippen molar-refractivity contribution in [3.63, 3.8) is 0 Å². The molecule has 0 aromatic carbocycles. The summed E-state index contributed by atoms with van der Waals surface area (Å²) in [6, 6.07) is 0. The van der Waals surface area contributed by atoms with Crippen LogP contribution in [0.25, 0.3) is 0 Å². The number of hydrogen-bond acceptors (Lipinski definition) is 2. The molecule has 1 heterocycles. The van der Waals surface area contributed by atoms with Crippen LogP contribution in [0.15, 0.2) is 6.20 Å². The number of alkyl halides is 2. The van der Waals surface area contributed by atoms with Crippen molar-refractivity contribution in [3.05, 3.63) is 28.3 Å². The summed E-state index contributed by atoms with van der Waals surface area (Å²) in [7, 11) is 0. The van der Waals surface area contributed by atoms with E-state index in [1.807, 2.05) is 0 Å². The molecule has 1 aromatic rings. The van der Waals surface area contributed by atoms with E-state index >= 15 is 0 Å². The van der Waals surface area contributed by atoms with E-state index in [-0.39, 0.29) is 0 Å². The predicted molar refractivity (Wildman–Crippen MR) is 44.3 cm³/mol. The predicted octanol–water partition coefficient (Wildman–Crippen LogP) is 3.19. The average molecular weight is 244 g/mol. The van der Waals surface area contributed by atoms with Gasteiger partial charge >= 0.3 is 0 Å². The van der Waals surface area contributed by atoms with E-state index in [9.17, 15) is 18.0 Å². The minimum atomic E-state index is -3.09. The van der Waals surface area contributed by atoms with Gasteiger partial charge in [-0.3, -0.25) is 4.79 Å². The Kier molecular flexibility index (Phi) is 3.34. The molecule has 1 rings (SSSR count). The molecule has 76 valence electrons. The molecule has 0 aliphatic heterocycles. The highest BCUT2D eigenvalue weighted by Gasteiger charge is 2.23. The molecule has 0 saturated heterocycles. The number of nitrogens with zero attached hydrogens (tertiary/aromatic N) is 1. The molecule has 0 bridgehead atoms. The van der Waals surface area contributed by atoms with Gasteiger partial charge in [-0.05, 0) is 11.6 Å². The van der Waals surface area contributed by atoms with Gasteiger partial charge in [-0.2, -0.15) is 4.39 Å². The first-order valence-electron chi connectivity index (χ1n) is 3.27. The summed E-state index contributed by atoms with van der Waals surface area (Å²) in [5.74, 6) is -1.26. The van der Waals surface area contributed by atoms with E-state index in [0.29, 0.717) is 6.20 Å². The maximum Gasteiger partial charge on any atom is 0.266 e. The number of aromatic nitrogens is 1. The first-order valence-corrected chi connectivity index (χ1v) is 4.02. The van der Waals surface area contributed by atoms with Crippen LogP contribution in [-0.4, -0.2) is 10.2 Å². The molecular weight excluding hydrogens is 242 g/mol. The van der Waals surface area contributed by atoms with Crippen LogP contribution in [-0.2, 0) is 0 Å². The molecule has 0 spiro atoms. The lowest BCUT2D eigenvalue weighted by atomic mass is 10.1. The minimum absolute atomic E-state index is 0.590. The van der Waals surface area contributed by atoms with Crippen LogP contribution in [0.4, 0.5) is 13.2 Å². The number of hydrogen-bond donors (Lipinski definition) is 0. The Morgan fingerprint density at radius 1 is 1.50 bits per heavy atom. The van der Waals surface area contributed by atoms with E-state index in [2.05, 4.69) is 4.98 Å². The Balaban J connectivity index is 3.45. The standard InChI is InChI=1S/C7H2Cl2F3NO/c8-4-3(6(10)11)2(5(9)14)1-13-7(4)12/h1,6H. The zero-order chi connectivity index (χ0) is 10.9. The molecule has 2 nitrogen and oxygen atoms in total. The lowest BCUT2D eigenvalue weighted by molar-refractivity contribution is 0.106. The highest BCUT2D eigenvalue weighted by molar-refractivity contribution is 6.68.